The highest BCUT2D eigenvalue weighted by Crippen LogP contribution is 2.39. The van der Waals surface area contributed by atoms with E-state index in [9.17, 15) is 0 Å². The Morgan fingerprint density at radius 1 is 0.481 bits per heavy atom. The Morgan fingerprint density at radius 3 is 1.17 bits per heavy atom. The Kier molecular flexibility index (Phi) is 20.6. The van der Waals surface area contributed by atoms with Gasteiger partial charge in [-0.15, -0.1) is 0 Å². The number of unbranched alkanes of at least 4 members (excludes halogenated alkanes) is 4. The smallest absolute Gasteiger partial charge is 0.119 e. The fraction of sp³-hybridized carbons (Fsp3) is 0.692. The van der Waals surface area contributed by atoms with Crippen molar-refractivity contribution < 1.29 is 9.47 Å². The molecule has 0 spiro atoms. The molecule has 0 aromatic heterocycles. The molecular formula is C52H78O2. The molecule has 0 saturated heterocycles. The molecule has 2 fully saturated rings. The van der Waals surface area contributed by atoms with Crippen LogP contribution in [0.3, 0.4) is 0 Å². The van der Waals surface area contributed by atoms with E-state index in [2.05, 4.69) is 114 Å². The Morgan fingerprint density at radius 2 is 0.833 bits per heavy atom. The Labute approximate surface area is 333 Å². The van der Waals surface area contributed by atoms with Crippen molar-refractivity contribution in [3.05, 3.63) is 59.7 Å². The summed E-state index contributed by atoms with van der Waals surface area (Å²) in [5.74, 6) is 20.0. The largest absolute Gasteiger partial charge is 0.491 e. The molecule has 0 N–H and O–H groups in total. The van der Waals surface area contributed by atoms with E-state index in [-0.39, 0.29) is 24.0 Å². The predicted molar refractivity (Wildman–Crippen MR) is 232 cm³/mol. The van der Waals surface area contributed by atoms with Gasteiger partial charge in [0, 0.05) is 11.8 Å². The maximum atomic E-state index is 6.31. The lowest BCUT2D eigenvalue weighted by Gasteiger charge is -2.30. The molecule has 298 valence electrons. The third-order valence-corrected chi connectivity index (χ3v) is 12.7. The Bertz CT molecular complexity index is 1280. The van der Waals surface area contributed by atoms with Gasteiger partial charge < -0.3 is 9.47 Å². The molecule has 2 aromatic rings. The van der Waals surface area contributed by atoms with Crippen molar-refractivity contribution in [1.29, 1.82) is 0 Å². The molecule has 0 radical (unpaired) electrons. The lowest BCUT2D eigenvalue weighted by molar-refractivity contribution is 0.206. The molecular weight excluding hydrogens is 657 g/mol. The average molecular weight is 735 g/mol. The van der Waals surface area contributed by atoms with E-state index in [1.54, 1.807) is 0 Å². The zero-order valence-electron chi connectivity index (χ0n) is 35.6. The van der Waals surface area contributed by atoms with Gasteiger partial charge in [0.05, 0.1) is 12.2 Å². The summed E-state index contributed by atoms with van der Waals surface area (Å²) in [7, 11) is 0. The van der Waals surface area contributed by atoms with E-state index >= 15 is 0 Å². The highest BCUT2D eigenvalue weighted by Gasteiger charge is 2.25. The lowest BCUT2D eigenvalue weighted by atomic mass is 9.75. The zero-order valence-corrected chi connectivity index (χ0v) is 35.6. The van der Waals surface area contributed by atoms with Crippen LogP contribution in [0.1, 0.15) is 206 Å². The van der Waals surface area contributed by atoms with Gasteiger partial charge in [-0.05, 0) is 123 Å². The van der Waals surface area contributed by atoms with Crippen LogP contribution in [0.2, 0.25) is 0 Å². The van der Waals surface area contributed by atoms with Crippen molar-refractivity contribution in [2.24, 2.45) is 23.7 Å². The molecule has 2 saturated carbocycles. The standard InChI is InChI=1S/C52H78O2/c1-7-11-13-19-41(5)53-51-35-31-47(32-36-51)49(39-45-27-23-43(17-9-3)24-28-45)21-15-16-22-50(40-46-29-25-44(18-10-4)26-30-46)48-33-37-52(38-34-48)54-42(6)20-14-12-8-2/h31-38,41-46,49-50H,7-14,17-20,23-30,39-40H2,1-6H3. The average Bonchev–Trinajstić information content (AvgIpc) is 3.18. The van der Waals surface area contributed by atoms with Gasteiger partial charge in [0.25, 0.3) is 0 Å². The highest BCUT2D eigenvalue weighted by atomic mass is 16.5. The van der Waals surface area contributed by atoms with Crippen molar-refractivity contribution in [2.45, 2.75) is 207 Å². The molecule has 2 nitrogen and oxygen atoms in total. The van der Waals surface area contributed by atoms with Gasteiger partial charge in [-0.3, -0.25) is 0 Å². The number of benzene rings is 2. The van der Waals surface area contributed by atoms with Crippen LogP contribution < -0.4 is 9.47 Å². The summed E-state index contributed by atoms with van der Waals surface area (Å²) in [6.07, 6.45) is 28.7. The summed E-state index contributed by atoms with van der Waals surface area (Å²) >= 11 is 0. The third-order valence-electron chi connectivity index (χ3n) is 12.7. The number of hydrogen-bond donors (Lipinski definition) is 0. The summed E-state index contributed by atoms with van der Waals surface area (Å²) in [5, 5.41) is 0. The lowest BCUT2D eigenvalue weighted by Crippen LogP contribution is -2.17. The van der Waals surface area contributed by atoms with E-state index in [0.717, 1.165) is 60.9 Å². The second kappa shape index (κ2) is 25.3. The predicted octanol–water partition coefficient (Wildman–Crippen LogP) is 15.2. The summed E-state index contributed by atoms with van der Waals surface area (Å²) in [4.78, 5) is 0. The van der Waals surface area contributed by atoms with Gasteiger partial charge in [0.15, 0.2) is 0 Å². The maximum Gasteiger partial charge on any atom is 0.119 e. The van der Waals surface area contributed by atoms with Crippen molar-refractivity contribution >= 4 is 0 Å². The SMILES string of the molecule is CCCCCC(C)Oc1ccc(C(C#CC#CC(CC2CCC(CCC)CC2)c2ccc(OC(C)CCCCC)cc2)CC2CCC(CCC)CC2)cc1. The van der Waals surface area contributed by atoms with Crippen LogP contribution in [0.5, 0.6) is 11.5 Å². The first-order valence-electron chi connectivity index (χ1n) is 22.9. The normalized spacial score (nSPS) is 22.1. The highest BCUT2D eigenvalue weighted by molar-refractivity contribution is 5.40. The minimum absolute atomic E-state index is 0.200. The van der Waals surface area contributed by atoms with Crippen molar-refractivity contribution in [3.8, 4) is 35.2 Å². The van der Waals surface area contributed by atoms with Crippen LogP contribution in [0.15, 0.2) is 48.5 Å². The van der Waals surface area contributed by atoms with E-state index in [0.29, 0.717) is 0 Å². The van der Waals surface area contributed by atoms with Gasteiger partial charge in [-0.25, -0.2) is 0 Å². The summed E-state index contributed by atoms with van der Waals surface area (Å²) in [6, 6.07) is 17.8. The molecule has 54 heavy (non-hydrogen) atoms. The fourth-order valence-corrected chi connectivity index (χ4v) is 9.30. The molecule has 4 atom stereocenters. The molecule has 0 amide bonds. The van der Waals surface area contributed by atoms with Gasteiger partial charge >= 0.3 is 0 Å². The van der Waals surface area contributed by atoms with Gasteiger partial charge in [0.2, 0.25) is 0 Å². The molecule has 2 heteroatoms. The molecule has 2 aromatic carbocycles. The molecule has 2 aliphatic carbocycles. The molecule has 0 heterocycles. The molecule has 4 unspecified atom stereocenters. The second-order valence-electron chi connectivity index (χ2n) is 17.5. The number of hydrogen-bond acceptors (Lipinski definition) is 2. The van der Waals surface area contributed by atoms with E-state index in [1.165, 1.54) is 127 Å². The first kappa shape index (κ1) is 43.9. The van der Waals surface area contributed by atoms with Crippen LogP contribution in [0, 0.1) is 47.4 Å². The van der Waals surface area contributed by atoms with Gasteiger partial charge in [0.1, 0.15) is 11.5 Å². The first-order chi connectivity index (χ1) is 26.4. The van der Waals surface area contributed by atoms with Crippen LogP contribution in [-0.2, 0) is 0 Å². The number of rotatable bonds is 22. The number of ether oxygens (including phenoxy) is 2. The summed E-state index contributed by atoms with van der Waals surface area (Å²) < 4.78 is 12.6. The minimum atomic E-state index is 0.200. The fourth-order valence-electron chi connectivity index (χ4n) is 9.30. The van der Waals surface area contributed by atoms with Gasteiger partial charge in [-0.2, -0.15) is 0 Å². The zero-order chi connectivity index (χ0) is 38.4. The molecule has 0 aliphatic heterocycles. The van der Waals surface area contributed by atoms with Crippen molar-refractivity contribution in [2.75, 3.05) is 0 Å². The quantitative estimate of drug-likeness (QED) is 0.0886. The van der Waals surface area contributed by atoms with Crippen molar-refractivity contribution in [3.63, 3.8) is 0 Å². The summed E-state index contributed by atoms with van der Waals surface area (Å²) in [6.45, 7) is 13.6. The van der Waals surface area contributed by atoms with Crippen LogP contribution >= 0.6 is 0 Å². The molecule has 2 aliphatic rings. The van der Waals surface area contributed by atoms with Crippen LogP contribution in [0.25, 0.3) is 0 Å². The Hall–Kier alpha value is -2.84. The minimum Gasteiger partial charge on any atom is -0.491 e. The van der Waals surface area contributed by atoms with E-state index in [4.69, 9.17) is 9.47 Å². The maximum absolute atomic E-state index is 6.31. The van der Waals surface area contributed by atoms with Crippen LogP contribution in [0.4, 0.5) is 0 Å². The van der Waals surface area contributed by atoms with Crippen LogP contribution in [-0.4, -0.2) is 12.2 Å². The summed E-state index contributed by atoms with van der Waals surface area (Å²) in [5.41, 5.74) is 2.62. The first-order valence-corrected chi connectivity index (χ1v) is 22.9. The van der Waals surface area contributed by atoms with E-state index < -0.39 is 0 Å². The Balaban J connectivity index is 1.50. The van der Waals surface area contributed by atoms with E-state index in [1.807, 2.05) is 0 Å². The van der Waals surface area contributed by atoms with Gasteiger partial charge in [-0.1, -0.05) is 167 Å². The molecule has 0 bridgehead atoms. The monoisotopic (exact) mass is 735 g/mol. The molecule has 4 rings (SSSR count). The second-order valence-corrected chi connectivity index (χ2v) is 17.5. The third kappa shape index (κ3) is 16.1. The topological polar surface area (TPSA) is 18.5 Å². The van der Waals surface area contributed by atoms with Crippen molar-refractivity contribution in [1.82, 2.24) is 0 Å².